The Morgan fingerprint density at radius 2 is 2.28 bits per heavy atom. The zero-order valence-corrected chi connectivity index (χ0v) is 11.2. The first-order valence-electron chi connectivity index (χ1n) is 5.89. The molecular formula is C12H16N2O3S. The smallest absolute Gasteiger partial charge is 0.308 e. The Morgan fingerprint density at radius 3 is 2.78 bits per heavy atom. The lowest BCUT2D eigenvalue weighted by atomic mass is 9.99. The zero-order chi connectivity index (χ0) is 13.3. The number of nitrogens with zero attached hydrogens (tertiary/aromatic N) is 2. The molecule has 0 aromatic carbocycles. The summed E-state index contributed by atoms with van der Waals surface area (Å²) < 4.78 is 0. The molecule has 0 bridgehead atoms. The molecule has 98 valence electrons. The third-order valence-electron chi connectivity index (χ3n) is 3.28. The van der Waals surface area contributed by atoms with Gasteiger partial charge < -0.3 is 10.0 Å². The van der Waals surface area contributed by atoms with Crippen LogP contribution in [0.2, 0.25) is 0 Å². The van der Waals surface area contributed by atoms with Crippen LogP contribution >= 0.6 is 11.3 Å². The second-order valence-electron chi connectivity index (χ2n) is 4.76. The second-order valence-corrected chi connectivity index (χ2v) is 5.82. The fourth-order valence-corrected chi connectivity index (χ4v) is 2.86. The van der Waals surface area contributed by atoms with Gasteiger partial charge in [0.2, 0.25) is 5.91 Å². The lowest BCUT2D eigenvalue weighted by Crippen LogP contribution is -2.31. The van der Waals surface area contributed by atoms with Gasteiger partial charge in [0.1, 0.15) is 0 Å². The Morgan fingerprint density at radius 1 is 1.56 bits per heavy atom. The Labute approximate surface area is 109 Å². The number of likely N-dealkylation sites (tertiary alicyclic amines) is 1. The molecule has 0 unspecified atom stereocenters. The van der Waals surface area contributed by atoms with Crippen molar-refractivity contribution in [3.8, 4) is 0 Å². The van der Waals surface area contributed by atoms with Crippen molar-refractivity contribution in [3.63, 3.8) is 0 Å². The molecule has 1 aromatic rings. The number of aryl methyl sites for hydroxylation is 1. The summed E-state index contributed by atoms with van der Waals surface area (Å²) in [6.07, 6.45) is 0.267. The zero-order valence-electron chi connectivity index (χ0n) is 10.4. The predicted octanol–water partition coefficient (Wildman–Crippen LogP) is 1.17. The van der Waals surface area contributed by atoms with Gasteiger partial charge in [-0.15, -0.1) is 11.3 Å². The molecule has 6 heteroatoms. The standard InChI is InChI=1S/C12H16N2O3S/c1-7-4-14(5-10(7)12(16)17)11(15)3-9-6-18-8(2)13-9/h6-7,10H,3-5H2,1-2H3,(H,16,17)/t7-,10-/m1/s1. The first-order valence-corrected chi connectivity index (χ1v) is 6.77. The molecule has 1 N–H and O–H groups in total. The van der Waals surface area contributed by atoms with Crippen LogP contribution < -0.4 is 0 Å². The number of hydrogen-bond acceptors (Lipinski definition) is 4. The summed E-state index contributed by atoms with van der Waals surface area (Å²) in [5.41, 5.74) is 0.772. The lowest BCUT2D eigenvalue weighted by Gasteiger charge is -2.14. The maximum absolute atomic E-state index is 12.0. The van der Waals surface area contributed by atoms with E-state index in [2.05, 4.69) is 4.98 Å². The van der Waals surface area contributed by atoms with Crippen LogP contribution in [0.5, 0.6) is 0 Å². The van der Waals surface area contributed by atoms with E-state index in [0.29, 0.717) is 13.1 Å². The molecule has 2 atom stereocenters. The van der Waals surface area contributed by atoms with E-state index in [9.17, 15) is 9.59 Å². The monoisotopic (exact) mass is 268 g/mol. The van der Waals surface area contributed by atoms with Crippen LogP contribution in [0.1, 0.15) is 17.6 Å². The third-order valence-corrected chi connectivity index (χ3v) is 4.10. The van der Waals surface area contributed by atoms with Crippen LogP contribution in [0.4, 0.5) is 0 Å². The fraction of sp³-hybridized carbons (Fsp3) is 0.583. The summed E-state index contributed by atoms with van der Waals surface area (Å²) in [5, 5.41) is 11.8. The number of amides is 1. The van der Waals surface area contributed by atoms with E-state index >= 15 is 0 Å². The maximum atomic E-state index is 12.0. The minimum absolute atomic E-state index is 0.0172. The molecule has 2 heterocycles. The molecule has 18 heavy (non-hydrogen) atoms. The van der Waals surface area contributed by atoms with Crippen molar-refractivity contribution >= 4 is 23.2 Å². The Hall–Kier alpha value is -1.43. The number of carbonyl (C=O) groups excluding carboxylic acids is 1. The molecule has 0 spiro atoms. The van der Waals surface area contributed by atoms with Crippen LogP contribution in [-0.4, -0.2) is 40.0 Å². The third kappa shape index (κ3) is 2.69. The van der Waals surface area contributed by atoms with Crippen molar-refractivity contribution in [2.75, 3.05) is 13.1 Å². The molecule has 1 fully saturated rings. The highest BCUT2D eigenvalue weighted by Gasteiger charge is 2.36. The van der Waals surface area contributed by atoms with Gasteiger partial charge in [0, 0.05) is 18.5 Å². The van der Waals surface area contributed by atoms with Crippen molar-refractivity contribution in [3.05, 3.63) is 16.1 Å². The van der Waals surface area contributed by atoms with Gasteiger partial charge in [-0.3, -0.25) is 9.59 Å². The number of hydrogen-bond donors (Lipinski definition) is 1. The topological polar surface area (TPSA) is 70.5 Å². The quantitative estimate of drug-likeness (QED) is 0.893. The minimum atomic E-state index is -0.817. The molecule has 5 nitrogen and oxygen atoms in total. The normalized spacial score (nSPS) is 23.3. The number of aliphatic carboxylic acids is 1. The van der Waals surface area contributed by atoms with Crippen LogP contribution in [-0.2, 0) is 16.0 Å². The van der Waals surface area contributed by atoms with E-state index in [0.717, 1.165) is 10.7 Å². The van der Waals surface area contributed by atoms with Gasteiger partial charge in [-0.1, -0.05) is 6.92 Å². The highest BCUT2D eigenvalue weighted by molar-refractivity contribution is 7.09. The van der Waals surface area contributed by atoms with Crippen molar-refractivity contribution in [2.45, 2.75) is 20.3 Å². The Balaban J connectivity index is 1.97. The first kappa shape index (κ1) is 13.0. The predicted molar refractivity (Wildman–Crippen MR) is 67.4 cm³/mol. The average Bonchev–Trinajstić information content (AvgIpc) is 2.85. The number of carboxylic acid groups (broad SMARTS) is 1. The van der Waals surface area contributed by atoms with Gasteiger partial charge in [0.15, 0.2) is 0 Å². The molecular weight excluding hydrogens is 252 g/mol. The Kier molecular flexibility index (Phi) is 3.65. The Bertz CT molecular complexity index is 472. The molecule has 2 rings (SSSR count). The van der Waals surface area contributed by atoms with E-state index in [-0.39, 0.29) is 18.2 Å². The fourth-order valence-electron chi connectivity index (χ4n) is 2.25. The number of thiazole rings is 1. The van der Waals surface area contributed by atoms with Crippen molar-refractivity contribution in [2.24, 2.45) is 11.8 Å². The molecule has 1 aliphatic rings. The van der Waals surface area contributed by atoms with Gasteiger partial charge in [0.05, 0.1) is 23.0 Å². The van der Waals surface area contributed by atoms with E-state index in [1.165, 1.54) is 11.3 Å². The number of carboxylic acids is 1. The molecule has 1 amide bonds. The largest absolute Gasteiger partial charge is 0.481 e. The minimum Gasteiger partial charge on any atom is -0.481 e. The highest BCUT2D eigenvalue weighted by Crippen LogP contribution is 2.23. The van der Waals surface area contributed by atoms with Gasteiger partial charge in [-0.05, 0) is 12.8 Å². The summed E-state index contributed by atoms with van der Waals surface area (Å²) in [5.74, 6) is -1.27. The summed E-state index contributed by atoms with van der Waals surface area (Å²) in [7, 11) is 0. The van der Waals surface area contributed by atoms with E-state index in [1.807, 2.05) is 19.2 Å². The molecule has 0 radical (unpaired) electrons. The molecule has 0 aliphatic carbocycles. The number of rotatable bonds is 3. The van der Waals surface area contributed by atoms with Crippen LogP contribution in [0.25, 0.3) is 0 Å². The molecule has 1 saturated heterocycles. The van der Waals surface area contributed by atoms with Crippen LogP contribution in [0.15, 0.2) is 5.38 Å². The van der Waals surface area contributed by atoms with Crippen molar-refractivity contribution in [1.29, 1.82) is 0 Å². The second kappa shape index (κ2) is 5.06. The summed E-state index contributed by atoms with van der Waals surface area (Å²) in [6.45, 7) is 4.62. The van der Waals surface area contributed by atoms with Gasteiger partial charge in [0.25, 0.3) is 0 Å². The molecule has 1 aliphatic heterocycles. The first-order chi connectivity index (χ1) is 8.47. The maximum Gasteiger partial charge on any atom is 0.308 e. The van der Waals surface area contributed by atoms with Gasteiger partial charge >= 0.3 is 5.97 Å². The van der Waals surface area contributed by atoms with Gasteiger partial charge in [-0.2, -0.15) is 0 Å². The molecule has 0 saturated carbocycles. The van der Waals surface area contributed by atoms with Crippen LogP contribution in [0.3, 0.4) is 0 Å². The number of aromatic nitrogens is 1. The van der Waals surface area contributed by atoms with Crippen molar-refractivity contribution < 1.29 is 14.7 Å². The average molecular weight is 268 g/mol. The summed E-state index contributed by atoms with van der Waals surface area (Å²) in [6, 6.07) is 0. The van der Waals surface area contributed by atoms with E-state index < -0.39 is 11.9 Å². The summed E-state index contributed by atoms with van der Waals surface area (Å²) in [4.78, 5) is 28.9. The summed E-state index contributed by atoms with van der Waals surface area (Å²) >= 11 is 1.52. The van der Waals surface area contributed by atoms with Gasteiger partial charge in [-0.25, -0.2) is 4.98 Å². The number of carbonyl (C=O) groups is 2. The van der Waals surface area contributed by atoms with E-state index in [4.69, 9.17) is 5.11 Å². The SMILES string of the molecule is Cc1nc(CC(=O)N2C[C@@H](C)[C@H](C(=O)O)C2)cs1. The highest BCUT2D eigenvalue weighted by atomic mass is 32.1. The van der Waals surface area contributed by atoms with E-state index in [1.54, 1.807) is 4.90 Å². The molecule has 1 aromatic heterocycles. The van der Waals surface area contributed by atoms with Crippen molar-refractivity contribution in [1.82, 2.24) is 9.88 Å². The van der Waals surface area contributed by atoms with Crippen LogP contribution in [0, 0.1) is 18.8 Å². The lowest BCUT2D eigenvalue weighted by molar-refractivity contribution is -0.142.